The zero-order valence-electron chi connectivity index (χ0n) is 6.37. The lowest BCUT2D eigenvalue weighted by Crippen LogP contribution is -2.18. The van der Waals surface area contributed by atoms with Gasteiger partial charge in [0.2, 0.25) is 0 Å². The number of nitrogens with one attached hydrogen (secondary N) is 1. The van der Waals surface area contributed by atoms with E-state index >= 15 is 0 Å². The largest absolute Gasteiger partial charge is 0.495 e. The highest BCUT2D eigenvalue weighted by Gasteiger charge is 2.25. The third kappa shape index (κ3) is 0.863. The van der Waals surface area contributed by atoms with E-state index in [-0.39, 0.29) is 4.90 Å². The SMILES string of the molecule is COc1cc2ccc1S(=O)(=O)N2. The third-order valence-electron chi connectivity index (χ3n) is 1.71. The van der Waals surface area contributed by atoms with Crippen molar-refractivity contribution < 1.29 is 13.2 Å². The molecule has 2 heterocycles. The first-order chi connectivity index (χ1) is 5.63. The molecule has 1 aromatic rings. The highest BCUT2D eigenvalue weighted by atomic mass is 32.2. The maximum Gasteiger partial charge on any atom is 0.265 e. The van der Waals surface area contributed by atoms with Gasteiger partial charge in [0.15, 0.2) is 0 Å². The maximum absolute atomic E-state index is 11.3. The average molecular weight is 185 g/mol. The van der Waals surface area contributed by atoms with Gasteiger partial charge in [-0.1, -0.05) is 0 Å². The molecular formula is C7H7NO3S. The second-order valence-electron chi connectivity index (χ2n) is 2.47. The Balaban J connectivity index is 2.76. The topological polar surface area (TPSA) is 55.4 Å². The van der Waals surface area contributed by atoms with Crippen molar-refractivity contribution >= 4 is 15.7 Å². The smallest absolute Gasteiger partial charge is 0.265 e. The van der Waals surface area contributed by atoms with Crippen LogP contribution in [0.5, 0.6) is 5.75 Å². The number of methoxy groups -OCH3 is 1. The number of fused-ring (bicyclic) bond motifs is 3. The van der Waals surface area contributed by atoms with Gasteiger partial charge in [0.1, 0.15) is 10.6 Å². The van der Waals surface area contributed by atoms with Gasteiger partial charge in [-0.25, -0.2) is 8.42 Å². The summed E-state index contributed by atoms with van der Waals surface area (Å²) < 4.78 is 29.8. The van der Waals surface area contributed by atoms with Crippen LogP contribution in [0.1, 0.15) is 0 Å². The van der Waals surface area contributed by atoms with Crippen molar-refractivity contribution in [1.82, 2.24) is 0 Å². The van der Waals surface area contributed by atoms with E-state index in [1.165, 1.54) is 13.2 Å². The van der Waals surface area contributed by atoms with Crippen LogP contribution in [0.4, 0.5) is 5.69 Å². The minimum Gasteiger partial charge on any atom is -0.495 e. The molecule has 0 amide bonds. The Hall–Kier alpha value is -1.23. The highest BCUT2D eigenvalue weighted by Crippen LogP contribution is 2.33. The quantitative estimate of drug-likeness (QED) is 0.704. The second-order valence-corrected chi connectivity index (χ2v) is 4.12. The molecule has 12 heavy (non-hydrogen) atoms. The summed E-state index contributed by atoms with van der Waals surface area (Å²) in [5.74, 6) is 0.395. The molecule has 4 nitrogen and oxygen atoms in total. The molecular weight excluding hydrogens is 178 g/mol. The summed E-state index contributed by atoms with van der Waals surface area (Å²) in [4.78, 5) is 0.194. The van der Waals surface area contributed by atoms with E-state index in [1.54, 1.807) is 12.1 Å². The number of hydrogen-bond donors (Lipinski definition) is 1. The summed E-state index contributed by atoms with van der Waals surface area (Å²) in [7, 11) is -1.89. The van der Waals surface area contributed by atoms with Crippen LogP contribution < -0.4 is 9.46 Å². The van der Waals surface area contributed by atoms with Crippen molar-refractivity contribution in [2.75, 3.05) is 11.8 Å². The number of hydrogen-bond acceptors (Lipinski definition) is 3. The molecule has 0 aliphatic carbocycles. The van der Waals surface area contributed by atoms with E-state index < -0.39 is 10.0 Å². The minimum atomic E-state index is -3.34. The normalized spacial score (nSPS) is 17.1. The Morgan fingerprint density at radius 2 is 2.17 bits per heavy atom. The van der Waals surface area contributed by atoms with Crippen molar-refractivity contribution in [3.05, 3.63) is 18.2 Å². The molecule has 0 atom stereocenters. The molecule has 5 heteroatoms. The summed E-state index contributed by atoms with van der Waals surface area (Å²) in [5.41, 5.74) is 0.543. The van der Waals surface area contributed by atoms with Gasteiger partial charge in [-0.3, -0.25) is 4.72 Å². The lowest BCUT2D eigenvalue weighted by atomic mass is 10.3. The van der Waals surface area contributed by atoms with Crippen LogP contribution in [0.3, 0.4) is 0 Å². The van der Waals surface area contributed by atoms with Gasteiger partial charge >= 0.3 is 0 Å². The number of sulfonamides is 1. The van der Waals surface area contributed by atoms with E-state index in [1.807, 2.05) is 0 Å². The summed E-state index contributed by atoms with van der Waals surface area (Å²) in [6.07, 6.45) is 0. The first kappa shape index (κ1) is 7.42. The number of benzene rings is 1. The Morgan fingerprint density at radius 1 is 1.42 bits per heavy atom. The van der Waals surface area contributed by atoms with E-state index in [0.717, 1.165) is 0 Å². The van der Waals surface area contributed by atoms with Gasteiger partial charge in [0, 0.05) is 6.07 Å². The Morgan fingerprint density at radius 3 is 2.58 bits per heavy atom. The first-order valence-corrected chi connectivity index (χ1v) is 4.83. The van der Waals surface area contributed by atoms with Gasteiger partial charge < -0.3 is 4.74 Å². The van der Waals surface area contributed by atoms with Gasteiger partial charge in [-0.05, 0) is 12.1 Å². The first-order valence-electron chi connectivity index (χ1n) is 3.34. The second kappa shape index (κ2) is 2.13. The zero-order valence-corrected chi connectivity index (χ0v) is 7.18. The van der Waals surface area contributed by atoms with Crippen LogP contribution >= 0.6 is 0 Å². The Labute approximate surface area is 70.2 Å². The van der Waals surface area contributed by atoms with E-state index in [2.05, 4.69) is 4.72 Å². The lowest BCUT2D eigenvalue weighted by Gasteiger charge is -2.18. The minimum absolute atomic E-state index is 0.194. The molecule has 2 aliphatic heterocycles. The predicted octanol–water partition coefficient (Wildman–Crippen LogP) is 0.809. The molecule has 0 aromatic heterocycles. The van der Waals surface area contributed by atoms with Crippen molar-refractivity contribution in [1.29, 1.82) is 0 Å². The Kier molecular flexibility index (Phi) is 1.32. The van der Waals surface area contributed by atoms with Gasteiger partial charge in [-0.2, -0.15) is 0 Å². The van der Waals surface area contributed by atoms with Crippen LogP contribution in [0.2, 0.25) is 0 Å². The Bertz CT molecular complexity index is 424. The summed E-state index contributed by atoms with van der Waals surface area (Å²) in [6.45, 7) is 0. The number of anilines is 1. The maximum atomic E-state index is 11.3. The highest BCUT2D eigenvalue weighted by molar-refractivity contribution is 7.93. The van der Waals surface area contributed by atoms with E-state index in [9.17, 15) is 8.42 Å². The lowest BCUT2D eigenvalue weighted by molar-refractivity contribution is 0.402. The third-order valence-corrected chi connectivity index (χ3v) is 3.13. The monoisotopic (exact) mass is 185 g/mol. The molecule has 0 saturated heterocycles. The molecule has 3 rings (SSSR count). The number of rotatable bonds is 1. The molecule has 0 spiro atoms. The van der Waals surface area contributed by atoms with Gasteiger partial charge in [0.25, 0.3) is 10.0 Å². The summed E-state index contributed by atoms with van der Waals surface area (Å²) in [6, 6.07) is 4.87. The van der Waals surface area contributed by atoms with Gasteiger partial charge in [0.05, 0.1) is 12.8 Å². The van der Waals surface area contributed by atoms with Crippen molar-refractivity contribution in [2.24, 2.45) is 0 Å². The molecule has 1 N–H and O–H groups in total. The van der Waals surface area contributed by atoms with Crippen LogP contribution in [-0.2, 0) is 10.0 Å². The molecule has 0 radical (unpaired) electrons. The van der Waals surface area contributed by atoms with Crippen LogP contribution in [0, 0.1) is 0 Å². The summed E-state index contributed by atoms with van der Waals surface area (Å²) >= 11 is 0. The van der Waals surface area contributed by atoms with E-state index in [0.29, 0.717) is 11.4 Å². The van der Waals surface area contributed by atoms with Crippen LogP contribution in [-0.4, -0.2) is 15.5 Å². The molecule has 0 saturated carbocycles. The van der Waals surface area contributed by atoms with Crippen molar-refractivity contribution in [3.63, 3.8) is 0 Å². The number of ether oxygens (including phenoxy) is 1. The molecule has 2 aliphatic rings. The predicted molar refractivity (Wildman–Crippen MR) is 43.8 cm³/mol. The molecule has 0 unspecified atom stereocenters. The molecule has 64 valence electrons. The van der Waals surface area contributed by atoms with Crippen molar-refractivity contribution in [2.45, 2.75) is 4.90 Å². The fourth-order valence-corrected chi connectivity index (χ4v) is 2.36. The van der Waals surface area contributed by atoms with E-state index in [4.69, 9.17) is 4.74 Å². The molecule has 1 aromatic carbocycles. The molecule has 0 fully saturated rings. The average Bonchev–Trinajstić information content (AvgIpc) is 2.02. The molecule has 2 bridgehead atoms. The standard InChI is InChI=1S/C7H7NO3S/c1-11-6-4-5-2-3-7(6)12(9,10)8-5/h2-4,8H,1H3. The zero-order chi connectivity index (χ0) is 8.77. The summed E-state index contributed by atoms with van der Waals surface area (Å²) in [5, 5.41) is 0. The van der Waals surface area contributed by atoms with Crippen molar-refractivity contribution in [3.8, 4) is 5.75 Å². The van der Waals surface area contributed by atoms with Crippen LogP contribution in [0.25, 0.3) is 0 Å². The fourth-order valence-electron chi connectivity index (χ4n) is 1.16. The fraction of sp³-hybridized carbons (Fsp3) is 0.143. The van der Waals surface area contributed by atoms with Gasteiger partial charge in [-0.15, -0.1) is 0 Å². The van der Waals surface area contributed by atoms with Crippen LogP contribution in [0.15, 0.2) is 23.1 Å².